The van der Waals surface area contributed by atoms with E-state index in [1.54, 1.807) is 30.7 Å². The number of hydrogen-bond acceptors (Lipinski definition) is 7. The van der Waals surface area contributed by atoms with Crippen molar-refractivity contribution >= 4 is 47.0 Å². The molecule has 0 atom stereocenters. The van der Waals surface area contributed by atoms with Gasteiger partial charge in [0.2, 0.25) is 0 Å². The summed E-state index contributed by atoms with van der Waals surface area (Å²) in [6.45, 7) is 0.500. The average Bonchev–Trinajstić information content (AvgIpc) is 3.44. The van der Waals surface area contributed by atoms with Gasteiger partial charge in [-0.15, -0.1) is 11.8 Å². The number of carbonyl (C=O) groups excluding carboxylic acids is 1. The van der Waals surface area contributed by atoms with E-state index in [0.717, 1.165) is 10.9 Å². The van der Waals surface area contributed by atoms with E-state index in [0.29, 0.717) is 11.4 Å². The Morgan fingerprint density at radius 3 is 2.72 bits per heavy atom. The molecule has 2 aromatic heterocycles. The van der Waals surface area contributed by atoms with Crippen molar-refractivity contribution in [2.75, 3.05) is 23.2 Å². The van der Waals surface area contributed by atoms with Crippen LogP contribution in [-0.4, -0.2) is 39.7 Å². The van der Waals surface area contributed by atoms with Crippen molar-refractivity contribution in [3.05, 3.63) is 59.0 Å². The predicted molar refractivity (Wildman–Crippen MR) is 117 cm³/mol. The maximum absolute atomic E-state index is 13.9. The number of pyridine rings is 1. The van der Waals surface area contributed by atoms with Crippen molar-refractivity contribution in [3.63, 3.8) is 0 Å². The fourth-order valence-electron chi connectivity index (χ4n) is 3.05. The number of halogens is 4. The van der Waals surface area contributed by atoms with Gasteiger partial charge in [-0.25, -0.2) is 15.1 Å². The lowest BCUT2D eigenvalue weighted by Crippen LogP contribution is -2.29. The number of para-hydroxylation sites is 1. The number of hydrazone groups is 1. The van der Waals surface area contributed by atoms with E-state index in [9.17, 15) is 18.0 Å². The number of benzene rings is 1. The zero-order chi connectivity index (χ0) is 22.9. The topological polar surface area (TPSA) is 87.4 Å². The lowest BCUT2D eigenvalue weighted by atomic mass is 10.2. The van der Waals surface area contributed by atoms with E-state index >= 15 is 0 Å². The van der Waals surface area contributed by atoms with Gasteiger partial charge in [0.05, 0.1) is 40.9 Å². The van der Waals surface area contributed by atoms with E-state index in [-0.39, 0.29) is 22.2 Å². The molecule has 1 amide bonds. The predicted octanol–water partition coefficient (Wildman–Crippen LogP) is 4.22. The fourth-order valence-corrected chi connectivity index (χ4v) is 3.87. The summed E-state index contributed by atoms with van der Waals surface area (Å²) in [5.74, 6) is -0.705. The first-order valence-corrected chi connectivity index (χ1v) is 10.7. The monoisotopic (exact) mass is 481 g/mol. The molecule has 1 aliphatic heterocycles. The molecule has 1 aromatic carbocycles. The maximum Gasteiger partial charge on any atom is 0.434 e. The molecule has 3 heterocycles. The molecule has 0 spiro atoms. The molecule has 32 heavy (non-hydrogen) atoms. The number of hydrazine groups is 1. The van der Waals surface area contributed by atoms with Crippen LogP contribution in [0.15, 0.2) is 52.7 Å². The van der Waals surface area contributed by atoms with Gasteiger partial charge in [-0.1, -0.05) is 23.7 Å². The standard InChI is InChI=1S/C19H15ClF3N7OS/c1-32-15-5-3-2-4-14(15)29-16(19(21,22)23)12(10-27-29)18(31)28-11-8-13(20)17(24-9-11)30-25-6-7-26-30/h2-6,8-10,26H,7H2,1H3,(H,28,31). The van der Waals surface area contributed by atoms with Gasteiger partial charge in [0, 0.05) is 11.1 Å². The number of thioether (sulfide) groups is 1. The van der Waals surface area contributed by atoms with E-state index in [1.807, 2.05) is 0 Å². The van der Waals surface area contributed by atoms with Gasteiger partial charge in [0.15, 0.2) is 11.5 Å². The van der Waals surface area contributed by atoms with Crippen LogP contribution in [0, 0.1) is 0 Å². The highest BCUT2D eigenvalue weighted by Crippen LogP contribution is 2.36. The van der Waals surface area contributed by atoms with Gasteiger partial charge >= 0.3 is 6.18 Å². The van der Waals surface area contributed by atoms with Crippen LogP contribution in [0.25, 0.3) is 5.69 Å². The summed E-state index contributed by atoms with van der Waals surface area (Å²) in [5.41, 5.74) is 1.43. The average molecular weight is 482 g/mol. The van der Waals surface area contributed by atoms with Gasteiger partial charge in [-0.2, -0.15) is 28.5 Å². The summed E-state index contributed by atoms with van der Waals surface area (Å²) in [7, 11) is 0. The Bertz CT molecular complexity index is 1200. The lowest BCUT2D eigenvalue weighted by molar-refractivity contribution is -0.143. The zero-order valence-electron chi connectivity index (χ0n) is 16.4. The minimum Gasteiger partial charge on any atom is -0.320 e. The van der Waals surface area contributed by atoms with Crippen LogP contribution in [0.2, 0.25) is 5.02 Å². The first-order valence-electron chi connectivity index (χ1n) is 9.11. The molecule has 0 fully saturated rings. The second-order valence-electron chi connectivity index (χ2n) is 6.44. The minimum absolute atomic E-state index is 0.123. The summed E-state index contributed by atoms with van der Waals surface area (Å²) in [4.78, 5) is 17.4. The zero-order valence-corrected chi connectivity index (χ0v) is 18.0. The quantitative estimate of drug-likeness (QED) is 0.530. The highest BCUT2D eigenvalue weighted by molar-refractivity contribution is 7.98. The van der Waals surface area contributed by atoms with Crippen LogP contribution in [0.1, 0.15) is 16.1 Å². The molecule has 4 rings (SSSR count). The van der Waals surface area contributed by atoms with Gasteiger partial charge in [0.1, 0.15) is 0 Å². The van der Waals surface area contributed by atoms with Crippen LogP contribution in [-0.2, 0) is 6.18 Å². The molecule has 0 unspecified atom stereocenters. The van der Waals surface area contributed by atoms with Gasteiger partial charge < -0.3 is 5.32 Å². The van der Waals surface area contributed by atoms with Crippen LogP contribution in [0.5, 0.6) is 0 Å². The molecule has 0 saturated carbocycles. The molecule has 1 aliphatic rings. The molecule has 3 aromatic rings. The molecule has 0 bridgehead atoms. The normalized spacial score (nSPS) is 13.6. The Kier molecular flexibility index (Phi) is 6.09. The van der Waals surface area contributed by atoms with Crippen molar-refractivity contribution in [2.45, 2.75) is 11.1 Å². The van der Waals surface area contributed by atoms with Crippen molar-refractivity contribution in [3.8, 4) is 5.69 Å². The Hall–Kier alpha value is -3.09. The van der Waals surface area contributed by atoms with Gasteiger partial charge in [-0.3, -0.25) is 4.79 Å². The molecular formula is C19H15ClF3N7OS. The summed E-state index contributed by atoms with van der Waals surface area (Å²) in [6, 6.07) is 7.87. The van der Waals surface area contributed by atoms with E-state index in [4.69, 9.17) is 11.6 Å². The van der Waals surface area contributed by atoms with E-state index < -0.39 is 23.3 Å². The summed E-state index contributed by atoms with van der Waals surface area (Å²) in [5, 5.41) is 11.8. The van der Waals surface area contributed by atoms with Crippen LogP contribution >= 0.6 is 23.4 Å². The Labute approximate surface area is 189 Å². The van der Waals surface area contributed by atoms with Gasteiger partial charge in [0.25, 0.3) is 5.91 Å². The van der Waals surface area contributed by atoms with Crippen molar-refractivity contribution in [1.29, 1.82) is 0 Å². The third-order valence-electron chi connectivity index (χ3n) is 4.41. The number of aromatic nitrogens is 3. The molecular weight excluding hydrogens is 467 g/mol. The SMILES string of the molecule is CSc1ccccc1-n1ncc(C(=O)Nc2cnc(N3N=CCN3)c(Cl)c2)c1C(F)(F)F. The molecule has 166 valence electrons. The Morgan fingerprint density at radius 2 is 2.06 bits per heavy atom. The molecule has 2 N–H and O–H groups in total. The smallest absolute Gasteiger partial charge is 0.320 e. The second-order valence-corrected chi connectivity index (χ2v) is 7.70. The summed E-state index contributed by atoms with van der Waals surface area (Å²) in [6.07, 6.45) is 0.691. The number of anilines is 2. The summed E-state index contributed by atoms with van der Waals surface area (Å²) >= 11 is 7.46. The molecule has 0 aliphatic carbocycles. The number of rotatable bonds is 5. The number of nitrogens with zero attached hydrogens (tertiary/aromatic N) is 5. The number of alkyl halides is 3. The Morgan fingerprint density at radius 1 is 1.28 bits per heavy atom. The van der Waals surface area contributed by atoms with E-state index in [1.165, 1.54) is 35.2 Å². The Balaban J connectivity index is 1.66. The first kappa shape index (κ1) is 22.1. The number of hydrogen-bond donors (Lipinski definition) is 2. The largest absolute Gasteiger partial charge is 0.434 e. The number of nitrogens with one attached hydrogen (secondary N) is 2. The fraction of sp³-hybridized carbons (Fsp3) is 0.158. The number of carbonyl (C=O) groups is 1. The maximum atomic E-state index is 13.9. The molecule has 0 radical (unpaired) electrons. The van der Waals surface area contributed by atoms with Crippen LogP contribution in [0.3, 0.4) is 0 Å². The van der Waals surface area contributed by atoms with Crippen molar-refractivity contribution in [1.82, 2.24) is 20.2 Å². The van der Waals surface area contributed by atoms with E-state index in [2.05, 4.69) is 25.9 Å². The number of amides is 1. The highest BCUT2D eigenvalue weighted by atomic mass is 35.5. The third kappa shape index (κ3) is 4.29. The molecule has 0 saturated heterocycles. The van der Waals surface area contributed by atoms with Gasteiger partial charge in [-0.05, 0) is 24.5 Å². The van der Waals surface area contributed by atoms with Crippen LogP contribution < -0.4 is 15.9 Å². The second kappa shape index (κ2) is 8.81. The van der Waals surface area contributed by atoms with Crippen molar-refractivity contribution < 1.29 is 18.0 Å². The third-order valence-corrected chi connectivity index (χ3v) is 5.47. The highest BCUT2D eigenvalue weighted by Gasteiger charge is 2.41. The van der Waals surface area contributed by atoms with Crippen LogP contribution in [0.4, 0.5) is 24.7 Å². The van der Waals surface area contributed by atoms with Crippen molar-refractivity contribution in [2.24, 2.45) is 5.10 Å². The molecule has 13 heteroatoms. The lowest BCUT2D eigenvalue weighted by Gasteiger charge is -2.16. The first-order chi connectivity index (χ1) is 15.3. The molecule has 8 nitrogen and oxygen atoms in total. The minimum atomic E-state index is -4.83. The summed E-state index contributed by atoms with van der Waals surface area (Å²) < 4.78 is 42.6.